The van der Waals surface area contributed by atoms with Crippen LogP contribution in [0.25, 0.3) is 0 Å². The fraction of sp³-hybridized carbons (Fsp3) is 0.462. The smallest absolute Gasteiger partial charge is 0.325 e. The summed E-state index contributed by atoms with van der Waals surface area (Å²) in [4.78, 5) is 11.7. The number of ether oxygens (including phenoxy) is 1. The quantitative estimate of drug-likeness (QED) is 0.823. The van der Waals surface area contributed by atoms with Crippen molar-refractivity contribution in [2.24, 2.45) is 0 Å². The molecule has 0 aromatic heterocycles. The Balaban J connectivity index is 2.18. The number of carbonyl (C=O) groups excluding carboxylic acids is 1. The molecule has 1 aliphatic rings. The van der Waals surface area contributed by atoms with Crippen molar-refractivity contribution in [3.8, 4) is 0 Å². The monoisotopic (exact) mass is 253 g/mol. The van der Waals surface area contributed by atoms with Gasteiger partial charge >= 0.3 is 5.97 Å². The second-order valence-electron chi connectivity index (χ2n) is 4.63. The molecule has 4 heteroatoms. The lowest BCUT2D eigenvalue weighted by Crippen LogP contribution is -2.45. The van der Waals surface area contributed by atoms with Crippen LogP contribution in [0.2, 0.25) is 5.02 Å². The molecule has 1 aromatic carbocycles. The summed E-state index contributed by atoms with van der Waals surface area (Å²) in [6.45, 7) is 2.62. The van der Waals surface area contributed by atoms with E-state index in [0.717, 1.165) is 17.1 Å². The molecule has 17 heavy (non-hydrogen) atoms. The van der Waals surface area contributed by atoms with E-state index >= 15 is 0 Å². The van der Waals surface area contributed by atoms with E-state index in [1.807, 2.05) is 31.2 Å². The maximum absolute atomic E-state index is 11.7. The Morgan fingerprint density at radius 3 is 2.88 bits per heavy atom. The lowest BCUT2D eigenvalue weighted by molar-refractivity contribution is -0.147. The minimum atomic E-state index is -0.599. The number of rotatable bonds is 2. The molecular weight excluding hydrogens is 238 g/mol. The predicted octanol–water partition coefficient (Wildman–Crippen LogP) is 2.35. The second kappa shape index (κ2) is 4.67. The normalized spacial score (nSPS) is 28.1. The summed E-state index contributed by atoms with van der Waals surface area (Å²) in [6.07, 6.45) is 0.712. The molecule has 1 N–H and O–H groups in total. The third-order valence-electron chi connectivity index (χ3n) is 3.37. The van der Waals surface area contributed by atoms with E-state index in [4.69, 9.17) is 16.3 Å². The van der Waals surface area contributed by atoms with Gasteiger partial charge in [0.1, 0.15) is 5.54 Å². The van der Waals surface area contributed by atoms with Gasteiger partial charge in [-0.25, -0.2) is 0 Å². The topological polar surface area (TPSA) is 38.3 Å². The summed E-state index contributed by atoms with van der Waals surface area (Å²) < 4.78 is 4.82. The van der Waals surface area contributed by atoms with Crippen LogP contribution < -0.4 is 5.32 Å². The molecule has 1 fully saturated rings. The molecule has 1 aromatic rings. The standard InChI is InChI=1S/C13H16ClNO2/c1-13(12(16)17-2)7-9(8-15-13)10-5-3-4-6-11(10)14/h3-6,9,15H,7-8H2,1-2H3. The zero-order valence-electron chi connectivity index (χ0n) is 10.00. The SMILES string of the molecule is COC(=O)C1(C)CC(c2ccccc2Cl)CN1. The minimum Gasteiger partial charge on any atom is -0.468 e. The van der Waals surface area contributed by atoms with Crippen molar-refractivity contribution >= 4 is 17.6 Å². The summed E-state index contributed by atoms with van der Waals surface area (Å²) in [5.74, 6) is 0.0415. The number of nitrogens with one attached hydrogen (secondary N) is 1. The molecule has 0 bridgehead atoms. The fourth-order valence-corrected chi connectivity index (χ4v) is 2.68. The van der Waals surface area contributed by atoms with Crippen LogP contribution in [0.4, 0.5) is 0 Å². The Morgan fingerprint density at radius 2 is 2.24 bits per heavy atom. The van der Waals surface area contributed by atoms with Gasteiger partial charge in [0.05, 0.1) is 7.11 Å². The van der Waals surface area contributed by atoms with Gasteiger partial charge in [0.25, 0.3) is 0 Å². The van der Waals surface area contributed by atoms with Crippen molar-refractivity contribution in [3.05, 3.63) is 34.9 Å². The third-order valence-corrected chi connectivity index (χ3v) is 3.72. The minimum absolute atomic E-state index is 0.216. The molecule has 92 valence electrons. The molecule has 3 nitrogen and oxygen atoms in total. The van der Waals surface area contributed by atoms with Gasteiger partial charge in [0.15, 0.2) is 0 Å². The number of hydrogen-bond acceptors (Lipinski definition) is 3. The average Bonchev–Trinajstić information content (AvgIpc) is 2.72. The van der Waals surface area contributed by atoms with Crippen LogP contribution in [0.5, 0.6) is 0 Å². The Morgan fingerprint density at radius 1 is 1.53 bits per heavy atom. The van der Waals surface area contributed by atoms with Gasteiger partial charge in [-0.1, -0.05) is 29.8 Å². The first-order valence-corrected chi connectivity index (χ1v) is 6.02. The summed E-state index contributed by atoms with van der Waals surface area (Å²) in [6, 6.07) is 7.77. The van der Waals surface area contributed by atoms with E-state index in [0.29, 0.717) is 6.42 Å². The molecule has 0 amide bonds. The van der Waals surface area contributed by atoms with Crippen molar-refractivity contribution in [1.29, 1.82) is 0 Å². The molecule has 1 saturated heterocycles. The first-order chi connectivity index (χ1) is 8.07. The number of halogens is 1. The van der Waals surface area contributed by atoms with Gasteiger partial charge in [0, 0.05) is 17.5 Å². The van der Waals surface area contributed by atoms with Crippen molar-refractivity contribution in [2.45, 2.75) is 24.8 Å². The van der Waals surface area contributed by atoms with E-state index in [1.54, 1.807) is 0 Å². The van der Waals surface area contributed by atoms with Crippen LogP contribution in [0.15, 0.2) is 24.3 Å². The first kappa shape index (κ1) is 12.4. The van der Waals surface area contributed by atoms with Gasteiger partial charge in [0.2, 0.25) is 0 Å². The van der Waals surface area contributed by atoms with Crippen LogP contribution in [0.1, 0.15) is 24.8 Å². The molecule has 2 atom stereocenters. The van der Waals surface area contributed by atoms with Crippen LogP contribution in [-0.4, -0.2) is 25.2 Å². The summed E-state index contributed by atoms with van der Waals surface area (Å²) >= 11 is 6.17. The molecule has 0 radical (unpaired) electrons. The molecule has 0 aliphatic carbocycles. The highest BCUT2D eigenvalue weighted by atomic mass is 35.5. The van der Waals surface area contributed by atoms with Gasteiger partial charge < -0.3 is 10.1 Å². The Bertz CT molecular complexity index is 435. The molecule has 0 spiro atoms. The lowest BCUT2D eigenvalue weighted by Gasteiger charge is -2.21. The number of carbonyl (C=O) groups is 1. The van der Waals surface area contributed by atoms with Gasteiger partial charge in [-0.3, -0.25) is 4.79 Å². The van der Waals surface area contributed by atoms with Crippen molar-refractivity contribution in [3.63, 3.8) is 0 Å². The highest BCUT2D eigenvalue weighted by Crippen LogP contribution is 2.35. The number of methoxy groups -OCH3 is 1. The molecule has 2 rings (SSSR count). The van der Waals surface area contributed by atoms with E-state index in [-0.39, 0.29) is 11.9 Å². The van der Waals surface area contributed by atoms with Gasteiger partial charge in [-0.15, -0.1) is 0 Å². The van der Waals surface area contributed by atoms with Crippen molar-refractivity contribution in [1.82, 2.24) is 5.32 Å². The van der Waals surface area contributed by atoms with E-state index in [1.165, 1.54) is 7.11 Å². The van der Waals surface area contributed by atoms with Gasteiger partial charge in [-0.05, 0) is 25.0 Å². The molecule has 1 aliphatic heterocycles. The average molecular weight is 254 g/mol. The third kappa shape index (κ3) is 2.31. The highest BCUT2D eigenvalue weighted by Gasteiger charge is 2.42. The highest BCUT2D eigenvalue weighted by molar-refractivity contribution is 6.31. The number of esters is 1. The second-order valence-corrected chi connectivity index (χ2v) is 5.03. The van der Waals surface area contributed by atoms with Crippen LogP contribution in [-0.2, 0) is 9.53 Å². The first-order valence-electron chi connectivity index (χ1n) is 5.65. The lowest BCUT2D eigenvalue weighted by atomic mass is 9.90. The Kier molecular flexibility index (Phi) is 3.40. The summed E-state index contributed by atoms with van der Waals surface area (Å²) in [5, 5.41) is 3.98. The summed E-state index contributed by atoms with van der Waals surface area (Å²) in [5.41, 5.74) is 0.493. The van der Waals surface area contributed by atoms with Crippen LogP contribution >= 0.6 is 11.6 Å². The summed E-state index contributed by atoms with van der Waals surface area (Å²) in [7, 11) is 1.41. The van der Waals surface area contributed by atoms with E-state index in [9.17, 15) is 4.79 Å². The van der Waals surface area contributed by atoms with Gasteiger partial charge in [-0.2, -0.15) is 0 Å². The van der Waals surface area contributed by atoms with Crippen LogP contribution in [0.3, 0.4) is 0 Å². The van der Waals surface area contributed by atoms with Crippen LogP contribution in [0, 0.1) is 0 Å². The zero-order chi connectivity index (χ0) is 12.5. The number of benzene rings is 1. The molecular formula is C13H16ClNO2. The number of hydrogen-bond donors (Lipinski definition) is 1. The maximum Gasteiger partial charge on any atom is 0.325 e. The molecule has 2 unspecified atom stereocenters. The predicted molar refractivity (Wildman–Crippen MR) is 67.2 cm³/mol. The zero-order valence-corrected chi connectivity index (χ0v) is 10.8. The molecule has 1 heterocycles. The van der Waals surface area contributed by atoms with E-state index in [2.05, 4.69) is 5.32 Å². The largest absolute Gasteiger partial charge is 0.468 e. The maximum atomic E-state index is 11.7. The Labute approximate surface area is 106 Å². The van der Waals surface area contributed by atoms with Crippen molar-refractivity contribution in [2.75, 3.05) is 13.7 Å². The van der Waals surface area contributed by atoms with E-state index < -0.39 is 5.54 Å². The molecule has 0 saturated carbocycles. The fourth-order valence-electron chi connectivity index (χ4n) is 2.39. The van der Waals surface area contributed by atoms with Crippen molar-refractivity contribution < 1.29 is 9.53 Å². The Hall–Kier alpha value is -1.06.